The van der Waals surface area contributed by atoms with E-state index in [0.29, 0.717) is 0 Å². The van der Waals surface area contributed by atoms with E-state index in [2.05, 4.69) is 5.32 Å². The first kappa shape index (κ1) is 11.1. The van der Waals surface area contributed by atoms with Crippen molar-refractivity contribution in [3.63, 3.8) is 0 Å². The quantitative estimate of drug-likeness (QED) is 0.896. The summed E-state index contributed by atoms with van der Waals surface area (Å²) >= 11 is 0. The third-order valence-electron chi connectivity index (χ3n) is 3.31. The molecule has 0 aliphatic heterocycles. The molecule has 0 unspecified atom stereocenters. The Morgan fingerprint density at radius 1 is 1.17 bits per heavy atom. The van der Waals surface area contributed by atoms with E-state index in [-0.39, 0.29) is 11.8 Å². The van der Waals surface area contributed by atoms with Gasteiger partial charge in [0, 0.05) is 22.4 Å². The first-order valence-corrected chi connectivity index (χ1v) is 6.16. The molecule has 1 saturated carbocycles. The highest BCUT2D eigenvalue weighted by atomic mass is 16.5. The van der Waals surface area contributed by atoms with Gasteiger partial charge in [-0.1, -0.05) is 24.3 Å². The van der Waals surface area contributed by atoms with Crippen LogP contribution in [0, 0.1) is 5.92 Å². The lowest BCUT2D eigenvalue weighted by atomic mass is 10.1. The maximum atomic E-state index is 11.8. The van der Waals surface area contributed by atoms with Crippen molar-refractivity contribution in [2.75, 3.05) is 12.4 Å². The number of nitrogens with one attached hydrogen (secondary N) is 1. The van der Waals surface area contributed by atoms with Crippen LogP contribution in [0.15, 0.2) is 36.4 Å². The molecule has 0 atom stereocenters. The first-order valence-electron chi connectivity index (χ1n) is 6.16. The van der Waals surface area contributed by atoms with Crippen LogP contribution in [0.3, 0.4) is 0 Å². The molecule has 18 heavy (non-hydrogen) atoms. The topological polar surface area (TPSA) is 38.3 Å². The standard InChI is InChI=1S/C15H15NO2/c1-18-14-9-8-13(16-15(17)10-6-7-10)11-4-2-3-5-12(11)14/h2-5,8-10H,6-7H2,1H3,(H,16,17). The number of ether oxygens (including phenoxy) is 1. The molecule has 3 nitrogen and oxygen atoms in total. The van der Waals surface area contributed by atoms with Crippen molar-refractivity contribution in [3.05, 3.63) is 36.4 Å². The van der Waals surface area contributed by atoms with Crippen LogP contribution in [-0.4, -0.2) is 13.0 Å². The molecule has 0 saturated heterocycles. The highest BCUT2D eigenvalue weighted by molar-refractivity contribution is 6.05. The van der Waals surface area contributed by atoms with E-state index in [1.165, 1.54) is 0 Å². The van der Waals surface area contributed by atoms with Crippen LogP contribution in [0.1, 0.15) is 12.8 Å². The molecule has 1 fully saturated rings. The van der Waals surface area contributed by atoms with E-state index in [4.69, 9.17) is 4.74 Å². The summed E-state index contributed by atoms with van der Waals surface area (Å²) < 4.78 is 5.33. The molecule has 1 aliphatic carbocycles. The van der Waals surface area contributed by atoms with E-state index in [9.17, 15) is 4.79 Å². The van der Waals surface area contributed by atoms with Crippen molar-refractivity contribution in [1.29, 1.82) is 0 Å². The van der Waals surface area contributed by atoms with E-state index in [1.54, 1.807) is 7.11 Å². The summed E-state index contributed by atoms with van der Waals surface area (Å²) in [6.45, 7) is 0. The van der Waals surface area contributed by atoms with Gasteiger partial charge in [-0.25, -0.2) is 0 Å². The molecule has 92 valence electrons. The summed E-state index contributed by atoms with van der Waals surface area (Å²) in [5, 5.41) is 5.04. The monoisotopic (exact) mass is 241 g/mol. The molecule has 0 radical (unpaired) electrons. The fraction of sp³-hybridized carbons (Fsp3) is 0.267. The third kappa shape index (κ3) is 1.92. The maximum Gasteiger partial charge on any atom is 0.227 e. The third-order valence-corrected chi connectivity index (χ3v) is 3.31. The summed E-state index contributed by atoms with van der Waals surface area (Å²) in [5.41, 5.74) is 0.864. The predicted molar refractivity (Wildman–Crippen MR) is 71.9 cm³/mol. The smallest absolute Gasteiger partial charge is 0.227 e. The van der Waals surface area contributed by atoms with Crippen molar-refractivity contribution in [2.45, 2.75) is 12.8 Å². The fourth-order valence-electron chi connectivity index (χ4n) is 2.14. The van der Waals surface area contributed by atoms with Crippen LogP contribution in [0.4, 0.5) is 5.69 Å². The number of methoxy groups -OCH3 is 1. The van der Waals surface area contributed by atoms with E-state index in [0.717, 1.165) is 35.1 Å². The molecule has 1 N–H and O–H groups in total. The van der Waals surface area contributed by atoms with Gasteiger partial charge in [0.1, 0.15) is 5.75 Å². The van der Waals surface area contributed by atoms with Gasteiger partial charge in [0.05, 0.1) is 7.11 Å². The zero-order valence-corrected chi connectivity index (χ0v) is 10.3. The molecule has 1 aliphatic rings. The van der Waals surface area contributed by atoms with E-state index < -0.39 is 0 Å². The minimum absolute atomic E-state index is 0.130. The molecule has 3 heteroatoms. The normalized spacial score (nSPS) is 14.5. The minimum atomic E-state index is 0.130. The largest absolute Gasteiger partial charge is 0.496 e. The SMILES string of the molecule is COc1ccc(NC(=O)C2CC2)c2ccccc12. The van der Waals surface area contributed by atoms with Crippen LogP contribution in [-0.2, 0) is 4.79 Å². The molecular weight excluding hydrogens is 226 g/mol. The Balaban J connectivity index is 2.03. The Hall–Kier alpha value is -2.03. The van der Waals surface area contributed by atoms with Gasteiger partial charge < -0.3 is 10.1 Å². The molecule has 0 heterocycles. The number of hydrogen-bond donors (Lipinski definition) is 1. The predicted octanol–water partition coefficient (Wildman–Crippen LogP) is 3.20. The Labute approximate surface area is 106 Å². The molecule has 0 bridgehead atoms. The van der Waals surface area contributed by atoms with Crippen LogP contribution >= 0.6 is 0 Å². The van der Waals surface area contributed by atoms with Crippen molar-refractivity contribution < 1.29 is 9.53 Å². The number of benzene rings is 2. The lowest BCUT2D eigenvalue weighted by Crippen LogP contribution is -2.13. The highest BCUT2D eigenvalue weighted by Gasteiger charge is 2.29. The van der Waals surface area contributed by atoms with Gasteiger partial charge >= 0.3 is 0 Å². The minimum Gasteiger partial charge on any atom is -0.496 e. The van der Waals surface area contributed by atoms with Gasteiger partial charge in [0.2, 0.25) is 5.91 Å². The number of carbonyl (C=O) groups excluding carboxylic acids is 1. The van der Waals surface area contributed by atoms with Crippen LogP contribution in [0.25, 0.3) is 10.8 Å². The van der Waals surface area contributed by atoms with Gasteiger partial charge in [-0.15, -0.1) is 0 Å². The Morgan fingerprint density at radius 3 is 2.56 bits per heavy atom. The Morgan fingerprint density at radius 2 is 1.89 bits per heavy atom. The van der Waals surface area contributed by atoms with E-state index >= 15 is 0 Å². The summed E-state index contributed by atoms with van der Waals surface area (Å²) in [5.74, 6) is 1.17. The van der Waals surface area contributed by atoms with Gasteiger partial charge in [-0.3, -0.25) is 4.79 Å². The second-order valence-corrected chi connectivity index (χ2v) is 4.62. The molecule has 0 spiro atoms. The van der Waals surface area contributed by atoms with Gasteiger partial charge in [-0.05, 0) is 25.0 Å². The van der Waals surface area contributed by atoms with Crippen molar-refractivity contribution >= 4 is 22.4 Å². The molecular formula is C15H15NO2. The van der Waals surface area contributed by atoms with E-state index in [1.807, 2.05) is 36.4 Å². The molecule has 2 aromatic rings. The van der Waals surface area contributed by atoms with Gasteiger partial charge in [-0.2, -0.15) is 0 Å². The summed E-state index contributed by atoms with van der Waals surface area (Å²) in [6, 6.07) is 11.7. The van der Waals surface area contributed by atoms with Crippen molar-refractivity contribution in [2.24, 2.45) is 5.92 Å². The summed E-state index contributed by atoms with van der Waals surface area (Å²) in [6.07, 6.45) is 2.03. The highest BCUT2D eigenvalue weighted by Crippen LogP contribution is 2.34. The van der Waals surface area contributed by atoms with Crippen molar-refractivity contribution in [1.82, 2.24) is 0 Å². The Kier molecular flexibility index (Phi) is 2.67. The number of hydrogen-bond acceptors (Lipinski definition) is 2. The summed E-state index contributed by atoms with van der Waals surface area (Å²) in [7, 11) is 1.66. The average molecular weight is 241 g/mol. The number of rotatable bonds is 3. The molecule has 0 aromatic heterocycles. The first-order chi connectivity index (χ1) is 8.79. The number of anilines is 1. The average Bonchev–Trinajstić information content (AvgIpc) is 3.23. The molecule has 2 aromatic carbocycles. The molecule has 3 rings (SSSR count). The molecule has 1 amide bonds. The maximum absolute atomic E-state index is 11.8. The second kappa shape index (κ2) is 4.33. The second-order valence-electron chi connectivity index (χ2n) is 4.62. The number of fused-ring (bicyclic) bond motifs is 1. The van der Waals surface area contributed by atoms with Crippen molar-refractivity contribution in [3.8, 4) is 5.75 Å². The number of carbonyl (C=O) groups is 1. The van der Waals surface area contributed by atoms with Gasteiger partial charge in [0.15, 0.2) is 0 Å². The van der Waals surface area contributed by atoms with Crippen LogP contribution in [0.5, 0.6) is 5.75 Å². The van der Waals surface area contributed by atoms with Gasteiger partial charge in [0.25, 0.3) is 0 Å². The lowest BCUT2D eigenvalue weighted by molar-refractivity contribution is -0.117. The summed E-state index contributed by atoms with van der Waals surface area (Å²) in [4.78, 5) is 11.8. The number of amides is 1. The van der Waals surface area contributed by atoms with Crippen LogP contribution < -0.4 is 10.1 Å². The zero-order chi connectivity index (χ0) is 12.5. The van der Waals surface area contributed by atoms with Crippen LogP contribution in [0.2, 0.25) is 0 Å². The fourth-order valence-corrected chi connectivity index (χ4v) is 2.14. The zero-order valence-electron chi connectivity index (χ0n) is 10.3. The lowest BCUT2D eigenvalue weighted by Gasteiger charge is -2.11. The Bertz CT molecular complexity index is 602.